The summed E-state index contributed by atoms with van der Waals surface area (Å²) >= 11 is 0. The van der Waals surface area contributed by atoms with Crippen LogP contribution in [0.1, 0.15) is 37.2 Å². The SMILES string of the molecule is CC(C)Oc1cccc(C(=O)N(CC(=O)O)C2CC2)n1. The van der Waals surface area contributed by atoms with Crippen molar-refractivity contribution in [1.29, 1.82) is 0 Å². The van der Waals surface area contributed by atoms with Crippen LogP contribution in [0, 0.1) is 0 Å². The van der Waals surface area contributed by atoms with E-state index >= 15 is 0 Å². The molecule has 1 N–H and O–H groups in total. The lowest BCUT2D eigenvalue weighted by atomic mass is 10.3. The lowest BCUT2D eigenvalue weighted by Crippen LogP contribution is -2.37. The average Bonchev–Trinajstić information content (AvgIpc) is 3.18. The maximum absolute atomic E-state index is 12.3. The highest BCUT2D eigenvalue weighted by atomic mass is 16.5. The molecular formula is C14H18N2O4. The largest absolute Gasteiger partial charge is 0.480 e. The number of rotatable bonds is 6. The van der Waals surface area contributed by atoms with Gasteiger partial charge in [-0.15, -0.1) is 0 Å². The predicted molar refractivity (Wildman–Crippen MR) is 71.7 cm³/mol. The van der Waals surface area contributed by atoms with E-state index in [9.17, 15) is 9.59 Å². The van der Waals surface area contributed by atoms with Gasteiger partial charge in [0, 0.05) is 12.1 Å². The molecule has 0 spiro atoms. The highest BCUT2D eigenvalue weighted by molar-refractivity contribution is 5.94. The van der Waals surface area contributed by atoms with Gasteiger partial charge in [-0.2, -0.15) is 0 Å². The number of carbonyl (C=O) groups is 2. The molecule has 6 nitrogen and oxygen atoms in total. The molecule has 0 unspecified atom stereocenters. The van der Waals surface area contributed by atoms with Crippen molar-refractivity contribution in [3.63, 3.8) is 0 Å². The third-order valence-corrected chi connectivity index (χ3v) is 2.85. The topological polar surface area (TPSA) is 79.7 Å². The Bertz CT molecular complexity index is 512. The molecule has 1 fully saturated rings. The molecule has 0 atom stereocenters. The number of nitrogens with zero attached hydrogens (tertiary/aromatic N) is 2. The fourth-order valence-corrected chi connectivity index (χ4v) is 1.89. The Labute approximate surface area is 117 Å². The zero-order valence-corrected chi connectivity index (χ0v) is 11.6. The zero-order valence-electron chi connectivity index (χ0n) is 11.6. The van der Waals surface area contributed by atoms with Crippen LogP contribution in [0.3, 0.4) is 0 Å². The number of amides is 1. The lowest BCUT2D eigenvalue weighted by molar-refractivity contribution is -0.137. The summed E-state index contributed by atoms with van der Waals surface area (Å²) in [6.45, 7) is 3.45. The van der Waals surface area contributed by atoms with Crippen LogP contribution < -0.4 is 4.74 Å². The van der Waals surface area contributed by atoms with E-state index in [0.29, 0.717) is 5.88 Å². The van der Waals surface area contributed by atoms with Gasteiger partial charge in [-0.25, -0.2) is 4.98 Å². The summed E-state index contributed by atoms with van der Waals surface area (Å²) < 4.78 is 5.44. The number of carboxylic acids is 1. The Hall–Kier alpha value is -2.11. The van der Waals surface area contributed by atoms with Crippen molar-refractivity contribution < 1.29 is 19.4 Å². The molecule has 1 amide bonds. The molecule has 20 heavy (non-hydrogen) atoms. The third-order valence-electron chi connectivity index (χ3n) is 2.85. The molecule has 0 aromatic carbocycles. The van der Waals surface area contributed by atoms with Crippen molar-refractivity contribution in [2.75, 3.05) is 6.54 Å². The number of ether oxygens (including phenoxy) is 1. The fourth-order valence-electron chi connectivity index (χ4n) is 1.89. The quantitative estimate of drug-likeness (QED) is 0.854. The summed E-state index contributed by atoms with van der Waals surface area (Å²) in [5.41, 5.74) is 0.219. The Balaban J connectivity index is 2.16. The summed E-state index contributed by atoms with van der Waals surface area (Å²) in [5, 5.41) is 8.89. The normalized spacial score (nSPS) is 14.2. The van der Waals surface area contributed by atoms with Crippen molar-refractivity contribution in [2.45, 2.75) is 38.8 Å². The van der Waals surface area contributed by atoms with Crippen molar-refractivity contribution >= 4 is 11.9 Å². The number of carboxylic acid groups (broad SMARTS) is 1. The van der Waals surface area contributed by atoms with Gasteiger partial charge in [0.25, 0.3) is 5.91 Å². The second-order valence-electron chi connectivity index (χ2n) is 5.09. The van der Waals surface area contributed by atoms with Gasteiger partial charge in [0.2, 0.25) is 5.88 Å². The van der Waals surface area contributed by atoms with Crippen LogP contribution in [0.15, 0.2) is 18.2 Å². The van der Waals surface area contributed by atoms with E-state index in [0.717, 1.165) is 12.8 Å². The van der Waals surface area contributed by atoms with Gasteiger partial charge in [0.1, 0.15) is 12.2 Å². The van der Waals surface area contributed by atoms with Crippen LogP contribution in [-0.4, -0.2) is 45.6 Å². The first-order chi connectivity index (χ1) is 9.47. The highest BCUT2D eigenvalue weighted by Crippen LogP contribution is 2.28. The first kappa shape index (κ1) is 14.3. The maximum atomic E-state index is 12.3. The number of aliphatic carboxylic acids is 1. The molecule has 108 valence electrons. The van der Waals surface area contributed by atoms with Crippen LogP contribution in [-0.2, 0) is 4.79 Å². The number of carbonyl (C=O) groups excluding carboxylic acids is 1. The minimum Gasteiger partial charge on any atom is -0.480 e. The Kier molecular flexibility index (Phi) is 4.22. The second kappa shape index (κ2) is 5.90. The van der Waals surface area contributed by atoms with E-state index < -0.39 is 5.97 Å². The van der Waals surface area contributed by atoms with E-state index in [4.69, 9.17) is 9.84 Å². The molecule has 0 aliphatic heterocycles. The first-order valence-electron chi connectivity index (χ1n) is 6.64. The van der Waals surface area contributed by atoms with Crippen molar-refractivity contribution in [2.24, 2.45) is 0 Å². The van der Waals surface area contributed by atoms with Crippen LogP contribution >= 0.6 is 0 Å². The molecule has 2 rings (SSSR count). The maximum Gasteiger partial charge on any atom is 0.323 e. The van der Waals surface area contributed by atoms with Crippen molar-refractivity contribution in [1.82, 2.24) is 9.88 Å². The summed E-state index contributed by atoms with van der Waals surface area (Å²) in [6.07, 6.45) is 1.66. The van der Waals surface area contributed by atoms with Gasteiger partial charge in [0.15, 0.2) is 0 Å². The van der Waals surface area contributed by atoms with Crippen LogP contribution in [0.5, 0.6) is 5.88 Å². The van der Waals surface area contributed by atoms with Gasteiger partial charge in [-0.3, -0.25) is 9.59 Å². The van der Waals surface area contributed by atoms with Gasteiger partial charge < -0.3 is 14.7 Å². The third kappa shape index (κ3) is 3.69. The van der Waals surface area contributed by atoms with Gasteiger partial charge in [-0.1, -0.05) is 6.07 Å². The second-order valence-corrected chi connectivity index (χ2v) is 5.09. The standard InChI is InChI=1S/C14H18N2O4/c1-9(2)20-12-5-3-4-11(15-12)14(19)16(8-13(17)18)10-6-7-10/h3-5,9-10H,6-8H2,1-2H3,(H,17,18). The van der Waals surface area contributed by atoms with Crippen LogP contribution in [0.25, 0.3) is 0 Å². The van der Waals surface area contributed by atoms with Crippen LogP contribution in [0.4, 0.5) is 0 Å². The molecule has 6 heteroatoms. The number of aromatic nitrogens is 1. The Morgan fingerprint density at radius 1 is 1.45 bits per heavy atom. The molecule has 1 aliphatic rings. The minimum atomic E-state index is -1.01. The molecule has 1 saturated carbocycles. The summed E-state index contributed by atoms with van der Waals surface area (Å²) in [4.78, 5) is 28.7. The number of pyridine rings is 1. The number of hydrogen-bond acceptors (Lipinski definition) is 4. The average molecular weight is 278 g/mol. The van der Waals surface area contributed by atoms with Crippen molar-refractivity contribution in [3.05, 3.63) is 23.9 Å². The fraction of sp³-hybridized carbons (Fsp3) is 0.500. The van der Waals surface area contributed by atoms with Gasteiger partial charge in [0.05, 0.1) is 6.10 Å². The lowest BCUT2D eigenvalue weighted by Gasteiger charge is -2.20. The first-order valence-corrected chi connectivity index (χ1v) is 6.64. The van der Waals surface area contributed by atoms with E-state index in [2.05, 4.69) is 4.98 Å². The summed E-state index contributed by atoms with van der Waals surface area (Å²) in [5.74, 6) is -0.999. The molecule has 0 saturated heterocycles. The molecular weight excluding hydrogens is 260 g/mol. The monoisotopic (exact) mass is 278 g/mol. The van der Waals surface area contributed by atoms with E-state index in [-0.39, 0.29) is 30.3 Å². The van der Waals surface area contributed by atoms with E-state index in [1.807, 2.05) is 13.8 Å². The highest BCUT2D eigenvalue weighted by Gasteiger charge is 2.34. The number of hydrogen-bond donors (Lipinski definition) is 1. The van der Waals surface area contributed by atoms with E-state index in [1.165, 1.54) is 4.90 Å². The summed E-state index contributed by atoms with van der Waals surface area (Å²) in [7, 11) is 0. The molecule has 1 aromatic rings. The molecule has 0 bridgehead atoms. The van der Waals surface area contributed by atoms with Gasteiger partial charge >= 0.3 is 5.97 Å². The zero-order chi connectivity index (χ0) is 14.7. The smallest absolute Gasteiger partial charge is 0.323 e. The van der Waals surface area contributed by atoms with Gasteiger partial charge in [-0.05, 0) is 32.8 Å². The molecule has 1 aromatic heterocycles. The summed E-state index contributed by atoms with van der Waals surface area (Å²) in [6, 6.07) is 4.96. The van der Waals surface area contributed by atoms with Crippen LogP contribution in [0.2, 0.25) is 0 Å². The molecule has 0 radical (unpaired) electrons. The molecule has 1 aliphatic carbocycles. The predicted octanol–water partition coefficient (Wildman–Crippen LogP) is 1.56. The van der Waals surface area contributed by atoms with E-state index in [1.54, 1.807) is 18.2 Å². The minimum absolute atomic E-state index is 0.0232. The molecule has 1 heterocycles. The Morgan fingerprint density at radius 2 is 2.15 bits per heavy atom. The Morgan fingerprint density at radius 3 is 2.70 bits per heavy atom. The van der Waals surface area contributed by atoms with Crippen molar-refractivity contribution in [3.8, 4) is 5.88 Å².